The van der Waals surface area contributed by atoms with E-state index in [1.165, 1.54) is 6.07 Å². The Morgan fingerprint density at radius 2 is 1.86 bits per heavy atom. The SMILES string of the molecule is Cc1ccc(-c2c(N)noc2-c2ccc(Br)cc2F)cc1. The molecule has 3 aromatic rings. The molecule has 0 aliphatic rings. The van der Waals surface area contributed by atoms with Crippen LogP contribution in [-0.2, 0) is 0 Å². The van der Waals surface area contributed by atoms with Gasteiger partial charge in [-0.15, -0.1) is 0 Å². The third-order valence-corrected chi connectivity index (χ3v) is 3.73. The lowest BCUT2D eigenvalue weighted by atomic mass is 10.0. The van der Waals surface area contributed by atoms with Crippen LogP contribution in [0.25, 0.3) is 22.5 Å². The molecular formula is C16H12BrFN2O. The van der Waals surface area contributed by atoms with Crippen LogP contribution in [0.4, 0.5) is 10.2 Å². The number of benzene rings is 2. The van der Waals surface area contributed by atoms with Crippen molar-refractivity contribution >= 4 is 21.7 Å². The Labute approximate surface area is 129 Å². The van der Waals surface area contributed by atoms with Gasteiger partial charge in [-0.25, -0.2) is 4.39 Å². The highest BCUT2D eigenvalue weighted by atomic mass is 79.9. The van der Waals surface area contributed by atoms with Crippen molar-refractivity contribution in [2.75, 3.05) is 5.73 Å². The molecule has 0 amide bonds. The minimum absolute atomic E-state index is 0.246. The summed E-state index contributed by atoms with van der Waals surface area (Å²) >= 11 is 3.23. The summed E-state index contributed by atoms with van der Waals surface area (Å²) in [5.74, 6) is 0.186. The Morgan fingerprint density at radius 3 is 2.52 bits per heavy atom. The first-order valence-electron chi connectivity index (χ1n) is 6.34. The molecule has 3 rings (SSSR count). The van der Waals surface area contributed by atoms with Gasteiger partial charge >= 0.3 is 0 Å². The van der Waals surface area contributed by atoms with Gasteiger partial charge < -0.3 is 10.3 Å². The maximum Gasteiger partial charge on any atom is 0.179 e. The van der Waals surface area contributed by atoms with E-state index in [4.69, 9.17) is 10.3 Å². The highest BCUT2D eigenvalue weighted by Crippen LogP contribution is 2.38. The van der Waals surface area contributed by atoms with Crippen LogP contribution in [0.5, 0.6) is 0 Å². The molecule has 0 aliphatic carbocycles. The molecular weight excluding hydrogens is 335 g/mol. The van der Waals surface area contributed by atoms with E-state index in [0.717, 1.165) is 11.1 Å². The van der Waals surface area contributed by atoms with E-state index in [2.05, 4.69) is 21.1 Å². The van der Waals surface area contributed by atoms with Gasteiger partial charge in [0.05, 0.1) is 11.1 Å². The van der Waals surface area contributed by atoms with Crippen LogP contribution in [-0.4, -0.2) is 5.16 Å². The predicted molar refractivity (Wildman–Crippen MR) is 84.2 cm³/mol. The molecule has 106 valence electrons. The second-order valence-corrected chi connectivity index (χ2v) is 5.68. The number of hydrogen-bond acceptors (Lipinski definition) is 3. The van der Waals surface area contributed by atoms with Gasteiger partial charge in [0.2, 0.25) is 0 Å². The van der Waals surface area contributed by atoms with Gasteiger partial charge in [-0.1, -0.05) is 50.9 Å². The van der Waals surface area contributed by atoms with E-state index < -0.39 is 5.82 Å². The molecule has 0 atom stereocenters. The fourth-order valence-electron chi connectivity index (χ4n) is 2.16. The van der Waals surface area contributed by atoms with Crippen LogP contribution in [0.1, 0.15) is 5.56 Å². The second kappa shape index (κ2) is 5.33. The zero-order valence-corrected chi connectivity index (χ0v) is 12.8. The molecule has 0 saturated carbocycles. The summed E-state index contributed by atoms with van der Waals surface area (Å²) in [6, 6.07) is 12.5. The lowest BCUT2D eigenvalue weighted by molar-refractivity contribution is 0.433. The molecule has 0 bridgehead atoms. The van der Waals surface area contributed by atoms with Crippen molar-refractivity contribution in [3.63, 3.8) is 0 Å². The van der Waals surface area contributed by atoms with Gasteiger partial charge in [-0.3, -0.25) is 0 Å². The number of nitrogens with zero attached hydrogens (tertiary/aromatic N) is 1. The highest BCUT2D eigenvalue weighted by Gasteiger charge is 2.20. The summed E-state index contributed by atoms with van der Waals surface area (Å²) in [5.41, 5.74) is 8.81. The summed E-state index contributed by atoms with van der Waals surface area (Å²) in [5, 5.41) is 3.78. The number of hydrogen-bond donors (Lipinski definition) is 1. The van der Waals surface area contributed by atoms with Crippen LogP contribution >= 0.6 is 15.9 Å². The molecule has 0 fully saturated rings. The first-order valence-corrected chi connectivity index (χ1v) is 7.13. The molecule has 0 aliphatic heterocycles. The number of aromatic nitrogens is 1. The van der Waals surface area contributed by atoms with E-state index in [1.54, 1.807) is 12.1 Å². The monoisotopic (exact) mass is 346 g/mol. The largest absolute Gasteiger partial charge is 0.380 e. The molecule has 2 aromatic carbocycles. The standard InChI is InChI=1S/C16H12BrFN2O/c1-9-2-4-10(5-3-9)14-15(21-20-16(14)19)12-7-6-11(17)8-13(12)18/h2-8H,1H3,(H2,19,20). The van der Waals surface area contributed by atoms with Gasteiger partial charge in [-0.2, -0.15) is 0 Å². The molecule has 3 nitrogen and oxygen atoms in total. The Bertz CT molecular complexity index is 797. The third-order valence-electron chi connectivity index (χ3n) is 3.23. The van der Waals surface area contributed by atoms with Crippen molar-refractivity contribution < 1.29 is 8.91 Å². The van der Waals surface area contributed by atoms with Gasteiger partial charge in [0, 0.05) is 4.47 Å². The zero-order chi connectivity index (χ0) is 15.0. The molecule has 5 heteroatoms. The minimum Gasteiger partial charge on any atom is -0.380 e. The lowest BCUT2D eigenvalue weighted by Gasteiger charge is -2.05. The van der Waals surface area contributed by atoms with Gasteiger partial charge in [0.1, 0.15) is 5.82 Å². The van der Waals surface area contributed by atoms with E-state index >= 15 is 0 Å². The summed E-state index contributed by atoms with van der Waals surface area (Å²) in [6.45, 7) is 2.00. The highest BCUT2D eigenvalue weighted by molar-refractivity contribution is 9.10. The van der Waals surface area contributed by atoms with Crippen LogP contribution in [0.2, 0.25) is 0 Å². The Balaban J connectivity index is 2.19. The minimum atomic E-state index is -0.395. The van der Waals surface area contributed by atoms with Gasteiger partial charge in [0.25, 0.3) is 0 Å². The summed E-state index contributed by atoms with van der Waals surface area (Å²) < 4.78 is 20.1. The van der Waals surface area contributed by atoms with E-state index in [1.807, 2.05) is 31.2 Å². The molecule has 0 radical (unpaired) electrons. The Kier molecular flexibility index (Phi) is 3.51. The van der Waals surface area contributed by atoms with Crippen molar-refractivity contribution in [1.82, 2.24) is 5.16 Å². The van der Waals surface area contributed by atoms with Crippen molar-refractivity contribution in [1.29, 1.82) is 0 Å². The number of halogens is 2. The van der Waals surface area contributed by atoms with Crippen LogP contribution < -0.4 is 5.73 Å². The smallest absolute Gasteiger partial charge is 0.179 e. The molecule has 1 heterocycles. The van der Waals surface area contributed by atoms with Gasteiger partial charge in [0.15, 0.2) is 11.6 Å². The Hall–Kier alpha value is -2.14. The third kappa shape index (κ3) is 2.56. The molecule has 21 heavy (non-hydrogen) atoms. The van der Waals surface area contributed by atoms with Crippen molar-refractivity contribution in [2.24, 2.45) is 0 Å². The maximum atomic E-state index is 14.1. The fraction of sp³-hybridized carbons (Fsp3) is 0.0625. The number of nitrogen functional groups attached to an aromatic ring is 1. The first kappa shape index (κ1) is 13.8. The number of rotatable bonds is 2. The predicted octanol–water partition coefficient (Wildman–Crippen LogP) is 4.80. The van der Waals surface area contributed by atoms with Gasteiger partial charge in [-0.05, 0) is 30.7 Å². The first-order chi connectivity index (χ1) is 10.1. The molecule has 0 unspecified atom stereocenters. The average Bonchev–Trinajstić information content (AvgIpc) is 2.82. The van der Waals surface area contributed by atoms with Crippen LogP contribution in [0.3, 0.4) is 0 Å². The number of nitrogens with two attached hydrogens (primary N) is 1. The van der Waals surface area contributed by atoms with Crippen LogP contribution in [0, 0.1) is 12.7 Å². The lowest BCUT2D eigenvalue weighted by Crippen LogP contribution is -1.90. The topological polar surface area (TPSA) is 52.0 Å². The maximum absolute atomic E-state index is 14.1. The van der Waals surface area contributed by atoms with Crippen LogP contribution in [0.15, 0.2) is 51.5 Å². The van der Waals surface area contributed by atoms with E-state index in [0.29, 0.717) is 21.4 Å². The molecule has 0 saturated heterocycles. The van der Waals surface area contributed by atoms with Crippen molar-refractivity contribution in [3.8, 4) is 22.5 Å². The summed E-state index contributed by atoms with van der Waals surface area (Å²) in [7, 11) is 0. The average molecular weight is 347 g/mol. The second-order valence-electron chi connectivity index (χ2n) is 4.76. The Morgan fingerprint density at radius 1 is 1.14 bits per heavy atom. The molecule has 0 spiro atoms. The van der Waals surface area contributed by atoms with Crippen molar-refractivity contribution in [2.45, 2.75) is 6.92 Å². The summed E-state index contributed by atoms with van der Waals surface area (Å²) in [6.07, 6.45) is 0. The zero-order valence-electron chi connectivity index (χ0n) is 11.2. The number of anilines is 1. The van der Waals surface area contributed by atoms with E-state index in [-0.39, 0.29) is 5.82 Å². The molecule has 2 N–H and O–H groups in total. The van der Waals surface area contributed by atoms with Crippen molar-refractivity contribution in [3.05, 3.63) is 58.3 Å². The normalized spacial score (nSPS) is 10.8. The quantitative estimate of drug-likeness (QED) is 0.724. The number of aryl methyl sites for hydroxylation is 1. The summed E-state index contributed by atoms with van der Waals surface area (Å²) in [4.78, 5) is 0. The van der Waals surface area contributed by atoms with E-state index in [9.17, 15) is 4.39 Å². The fourth-order valence-corrected chi connectivity index (χ4v) is 2.49. The molecule has 1 aromatic heterocycles.